The Morgan fingerprint density at radius 1 is 1.25 bits per heavy atom. The first-order valence-electron chi connectivity index (χ1n) is 8.01. The fourth-order valence-corrected chi connectivity index (χ4v) is 2.88. The van der Waals surface area contributed by atoms with Gasteiger partial charge in [0.1, 0.15) is 0 Å². The molecule has 1 N–H and O–H groups in total. The highest BCUT2D eigenvalue weighted by Gasteiger charge is 2.20. The summed E-state index contributed by atoms with van der Waals surface area (Å²) in [5.41, 5.74) is 1.29. The van der Waals surface area contributed by atoms with E-state index in [1.54, 1.807) is 0 Å². The van der Waals surface area contributed by atoms with Crippen LogP contribution in [0.2, 0.25) is 0 Å². The molecule has 0 amide bonds. The maximum atomic E-state index is 4.37. The van der Waals surface area contributed by atoms with Crippen LogP contribution >= 0.6 is 0 Å². The van der Waals surface area contributed by atoms with Crippen molar-refractivity contribution in [2.24, 2.45) is 5.92 Å². The summed E-state index contributed by atoms with van der Waals surface area (Å²) in [6, 6.07) is 2.72. The molecule has 20 heavy (non-hydrogen) atoms. The number of hydrogen-bond donors (Lipinski definition) is 1. The van der Waals surface area contributed by atoms with Crippen LogP contribution in [0, 0.1) is 5.92 Å². The van der Waals surface area contributed by atoms with E-state index in [-0.39, 0.29) is 0 Å². The number of likely N-dealkylation sites (N-methyl/N-ethyl adjacent to an activating group) is 1. The molecule has 0 spiro atoms. The molecule has 0 aliphatic heterocycles. The molecule has 1 aromatic rings. The number of rotatable bonds is 10. The molecule has 0 radical (unpaired) electrons. The lowest BCUT2D eigenvalue weighted by Crippen LogP contribution is -2.43. The molecule has 0 saturated heterocycles. The lowest BCUT2D eigenvalue weighted by molar-refractivity contribution is 0.193. The first kappa shape index (κ1) is 17.2. The van der Waals surface area contributed by atoms with Crippen molar-refractivity contribution in [3.8, 4) is 0 Å². The highest BCUT2D eigenvalue weighted by atomic mass is 15.3. The van der Waals surface area contributed by atoms with Gasteiger partial charge >= 0.3 is 0 Å². The monoisotopic (exact) mass is 280 g/mol. The third kappa shape index (κ3) is 4.91. The number of nitrogens with one attached hydrogen (secondary N) is 1. The highest BCUT2D eigenvalue weighted by molar-refractivity contribution is 5.00. The molecule has 0 fully saturated rings. The van der Waals surface area contributed by atoms with E-state index in [9.17, 15) is 0 Å². The van der Waals surface area contributed by atoms with E-state index in [0.29, 0.717) is 6.04 Å². The van der Waals surface area contributed by atoms with Crippen LogP contribution in [0.15, 0.2) is 12.3 Å². The Kier molecular flexibility index (Phi) is 7.85. The highest BCUT2D eigenvalue weighted by Crippen LogP contribution is 2.16. The van der Waals surface area contributed by atoms with Crippen molar-refractivity contribution in [1.29, 1.82) is 0 Å². The van der Waals surface area contributed by atoms with Crippen molar-refractivity contribution < 1.29 is 0 Å². The molecular formula is C16H32N4. The van der Waals surface area contributed by atoms with Crippen molar-refractivity contribution in [1.82, 2.24) is 20.0 Å². The molecule has 1 heterocycles. The smallest absolute Gasteiger partial charge is 0.0522 e. The summed E-state index contributed by atoms with van der Waals surface area (Å²) in [5, 5.41) is 7.99. The molecule has 4 nitrogen and oxygen atoms in total. The average molecular weight is 280 g/mol. The third-order valence-electron chi connectivity index (χ3n) is 4.16. The van der Waals surface area contributed by atoms with Gasteiger partial charge in [0.2, 0.25) is 0 Å². The van der Waals surface area contributed by atoms with Crippen LogP contribution < -0.4 is 5.32 Å². The van der Waals surface area contributed by atoms with Crippen LogP contribution in [0.4, 0.5) is 0 Å². The van der Waals surface area contributed by atoms with Crippen molar-refractivity contribution in [3.63, 3.8) is 0 Å². The van der Waals surface area contributed by atoms with Gasteiger partial charge in [-0.3, -0.25) is 4.68 Å². The molecule has 0 saturated carbocycles. The van der Waals surface area contributed by atoms with E-state index < -0.39 is 0 Å². The van der Waals surface area contributed by atoms with E-state index in [4.69, 9.17) is 0 Å². The van der Waals surface area contributed by atoms with Gasteiger partial charge in [0.05, 0.1) is 5.69 Å². The summed E-state index contributed by atoms with van der Waals surface area (Å²) < 4.78 is 2.11. The van der Waals surface area contributed by atoms with Gasteiger partial charge in [0.15, 0.2) is 0 Å². The van der Waals surface area contributed by atoms with Crippen molar-refractivity contribution >= 4 is 0 Å². The van der Waals surface area contributed by atoms with Gasteiger partial charge in [0.25, 0.3) is 0 Å². The van der Waals surface area contributed by atoms with Gasteiger partial charge in [-0.05, 0) is 32.5 Å². The second kappa shape index (κ2) is 9.14. The van der Waals surface area contributed by atoms with Gasteiger partial charge in [0, 0.05) is 31.9 Å². The third-order valence-corrected chi connectivity index (χ3v) is 4.16. The molecule has 116 valence electrons. The minimum absolute atomic E-state index is 0.604. The second-order valence-corrected chi connectivity index (χ2v) is 5.78. The molecule has 0 aliphatic carbocycles. The first-order valence-corrected chi connectivity index (χ1v) is 8.01. The summed E-state index contributed by atoms with van der Waals surface area (Å²) in [5.74, 6) is 0.762. The number of aromatic nitrogens is 2. The summed E-state index contributed by atoms with van der Waals surface area (Å²) >= 11 is 0. The van der Waals surface area contributed by atoms with Gasteiger partial charge < -0.3 is 10.2 Å². The lowest BCUT2D eigenvalue weighted by Gasteiger charge is -2.31. The van der Waals surface area contributed by atoms with Crippen LogP contribution in [-0.4, -0.2) is 41.4 Å². The number of hydrogen-bond acceptors (Lipinski definition) is 3. The van der Waals surface area contributed by atoms with E-state index in [1.165, 1.54) is 18.5 Å². The summed E-state index contributed by atoms with van der Waals surface area (Å²) in [4.78, 5) is 2.36. The number of aryl methyl sites for hydroxylation is 1. The fraction of sp³-hybridized carbons (Fsp3) is 0.812. The molecule has 1 aromatic heterocycles. The van der Waals surface area contributed by atoms with Crippen LogP contribution in [0.25, 0.3) is 0 Å². The molecule has 1 unspecified atom stereocenters. The van der Waals surface area contributed by atoms with Gasteiger partial charge in [-0.15, -0.1) is 0 Å². The van der Waals surface area contributed by atoms with Crippen molar-refractivity contribution in [3.05, 3.63) is 18.0 Å². The molecule has 0 aliphatic rings. The fourth-order valence-electron chi connectivity index (χ4n) is 2.88. The molecular weight excluding hydrogens is 248 g/mol. The summed E-state index contributed by atoms with van der Waals surface area (Å²) in [6.45, 7) is 9.73. The van der Waals surface area contributed by atoms with Crippen molar-refractivity contribution in [2.45, 2.75) is 59.2 Å². The molecule has 0 aromatic carbocycles. The molecule has 0 bridgehead atoms. The summed E-state index contributed by atoms with van der Waals surface area (Å²) in [6.07, 6.45) is 5.52. The van der Waals surface area contributed by atoms with E-state index >= 15 is 0 Å². The van der Waals surface area contributed by atoms with Crippen LogP contribution in [0.5, 0.6) is 0 Å². The Balaban J connectivity index is 2.49. The molecule has 4 heteroatoms. The molecule has 1 atom stereocenters. The van der Waals surface area contributed by atoms with Gasteiger partial charge in [-0.1, -0.05) is 33.6 Å². The predicted octanol–water partition coefficient (Wildman–Crippen LogP) is 2.75. The minimum Gasteiger partial charge on any atom is -0.310 e. The lowest BCUT2D eigenvalue weighted by atomic mass is 9.93. The Labute approximate surface area is 124 Å². The zero-order valence-corrected chi connectivity index (χ0v) is 13.9. The van der Waals surface area contributed by atoms with Crippen LogP contribution in [0.1, 0.15) is 45.7 Å². The zero-order chi connectivity index (χ0) is 15.0. The Bertz CT molecular complexity index is 355. The SMILES string of the molecule is CCCn1nccc1CNCC(C(CC)CC)N(C)C. The van der Waals surface area contributed by atoms with E-state index in [1.807, 2.05) is 6.20 Å². The van der Waals surface area contributed by atoms with E-state index in [2.05, 4.69) is 60.9 Å². The maximum absolute atomic E-state index is 4.37. The molecule has 1 rings (SSSR count). The van der Waals surface area contributed by atoms with Crippen LogP contribution in [0.3, 0.4) is 0 Å². The average Bonchev–Trinajstić information content (AvgIpc) is 2.86. The Morgan fingerprint density at radius 3 is 2.50 bits per heavy atom. The topological polar surface area (TPSA) is 33.1 Å². The standard InChI is InChI=1S/C16H32N4/c1-6-11-20-15(9-10-18-20)12-17-13-16(19(4)5)14(7-2)8-3/h9-10,14,16-17H,6-8,11-13H2,1-5H3. The Morgan fingerprint density at radius 2 is 1.95 bits per heavy atom. The van der Waals surface area contributed by atoms with E-state index in [0.717, 1.165) is 32.0 Å². The largest absolute Gasteiger partial charge is 0.310 e. The first-order chi connectivity index (χ1) is 9.63. The van der Waals surface area contributed by atoms with Gasteiger partial charge in [-0.25, -0.2) is 0 Å². The maximum Gasteiger partial charge on any atom is 0.0522 e. The Hall–Kier alpha value is -0.870. The second-order valence-electron chi connectivity index (χ2n) is 5.78. The quantitative estimate of drug-likeness (QED) is 0.715. The zero-order valence-electron chi connectivity index (χ0n) is 13.9. The minimum atomic E-state index is 0.604. The van der Waals surface area contributed by atoms with Gasteiger partial charge in [-0.2, -0.15) is 5.10 Å². The predicted molar refractivity (Wildman–Crippen MR) is 85.8 cm³/mol. The van der Waals surface area contributed by atoms with Crippen LogP contribution in [-0.2, 0) is 13.1 Å². The number of nitrogens with zero attached hydrogens (tertiary/aromatic N) is 3. The van der Waals surface area contributed by atoms with Crippen molar-refractivity contribution in [2.75, 3.05) is 20.6 Å². The summed E-state index contributed by atoms with van der Waals surface area (Å²) in [7, 11) is 4.37. The normalized spacial score (nSPS) is 13.3.